The summed E-state index contributed by atoms with van der Waals surface area (Å²) in [4.78, 5) is 0. The van der Waals surface area contributed by atoms with Gasteiger partial charge in [-0.2, -0.15) is 0 Å². The molecule has 2 saturated heterocycles. The smallest absolute Gasteiger partial charge is 0.0604 e. The van der Waals surface area contributed by atoms with Crippen molar-refractivity contribution in [3.05, 3.63) is 0 Å². The van der Waals surface area contributed by atoms with E-state index in [9.17, 15) is 0 Å². The molecular weight excluding hydrogens is 308 g/mol. The van der Waals surface area contributed by atoms with E-state index in [4.69, 9.17) is 9.47 Å². The molecule has 8 unspecified atom stereocenters. The fraction of sp³-hybridized carbons (Fsp3) is 1.00. The summed E-state index contributed by atoms with van der Waals surface area (Å²) in [7, 11) is 0. The van der Waals surface area contributed by atoms with Crippen LogP contribution < -0.4 is 0 Å². The maximum Gasteiger partial charge on any atom is 0.0604 e. The van der Waals surface area contributed by atoms with E-state index >= 15 is 0 Å². The number of hydrogen-bond donors (Lipinski definition) is 0. The monoisotopic (exact) mass is 354 g/mol. The fourth-order valence-electron chi connectivity index (χ4n) is 4.80. The number of hydrogen-bond acceptors (Lipinski definition) is 2. The quantitative estimate of drug-likeness (QED) is 0.570. The average molecular weight is 355 g/mol. The van der Waals surface area contributed by atoms with Gasteiger partial charge >= 0.3 is 0 Å². The van der Waals surface area contributed by atoms with Crippen LogP contribution in [0.4, 0.5) is 0 Å². The Hall–Kier alpha value is -0.0800. The molecule has 0 aromatic carbocycles. The van der Waals surface area contributed by atoms with Crippen LogP contribution in [0.15, 0.2) is 0 Å². The third-order valence-electron chi connectivity index (χ3n) is 7.76. The molecule has 0 radical (unpaired) electrons. The lowest BCUT2D eigenvalue weighted by atomic mass is 9.75. The van der Waals surface area contributed by atoms with Gasteiger partial charge < -0.3 is 9.47 Å². The number of rotatable bonds is 3. The third-order valence-corrected chi connectivity index (χ3v) is 7.76. The molecule has 2 fully saturated rings. The molecule has 150 valence electrons. The molecule has 0 aromatic rings. The van der Waals surface area contributed by atoms with E-state index in [2.05, 4.69) is 69.2 Å². The zero-order valence-electron chi connectivity index (χ0n) is 18.7. The minimum atomic E-state index is 0.446. The fourth-order valence-corrected chi connectivity index (χ4v) is 4.80. The Morgan fingerprint density at radius 2 is 0.760 bits per heavy atom. The Labute approximate surface area is 158 Å². The summed E-state index contributed by atoms with van der Waals surface area (Å²) in [6.45, 7) is 22.9. The molecule has 0 saturated carbocycles. The van der Waals surface area contributed by atoms with Crippen molar-refractivity contribution in [2.24, 2.45) is 35.5 Å². The van der Waals surface area contributed by atoms with Gasteiger partial charge in [0.2, 0.25) is 0 Å². The SMILES string of the molecule is CCC1OC(CC)C(C)C(C)C1C.CCC1O[C@H](C)C(C)C(C)C1C. The third kappa shape index (κ3) is 5.45. The summed E-state index contributed by atoms with van der Waals surface area (Å²) >= 11 is 0. The Morgan fingerprint density at radius 3 is 1.12 bits per heavy atom. The van der Waals surface area contributed by atoms with Crippen molar-refractivity contribution in [3.63, 3.8) is 0 Å². The zero-order chi connectivity index (χ0) is 19.3. The van der Waals surface area contributed by atoms with Gasteiger partial charge in [-0.05, 0) is 61.7 Å². The first kappa shape index (κ1) is 23.0. The average Bonchev–Trinajstić information content (AvgIpc) is 2.62. The van der Waals surface area contributed by atoms with Gasteiger partial charge in [-0.15, -0.1) is 0 Å². The molecule has 2 aliphatic heterocycles. The van der Waals surface area contributed by atoms with Gasteiger partial charge in [0.15, 0.2) is 0 Å². The standard InChI is InChI=1S/C12H24O.C11H22O/c1-6-11-9(4)8(3)10(5)12(7-2)13-11;1-6-11-9(4)7(2)8(3)10(5)12-11/h8-12H,6-7H2,1-5H3;7-11H,6H2,1-5H3/t;7?,8?,9?,10-,11?/m.1/s1. The Bertz CT molecular complexity index is 344. The molecule has 2 rings (SSSR count). The molecule has 2 aliphatic rings. The van der Waals surface area contributed by atoms with Crippen LogP contribution in [0, 0.1) is 35.5 Å². The second-order valence-electron chi connectivity index (χ2n) is 8.97. The molecule has 0 aromatic heterocycles. The van der Waals surface area contributed by atoms with Crippen LogP contribution in [-0.4, -0.2) is 24.4 Å². The minimum absolute atomic E-state index is 0.446. The van der Waals surface area contributed by atoms with E-state index in [0.29, 0.717) is 30.3 Å². The van der Waals surface area contributed by atoms with Gasteiger partial charge in [-0.25, -0.2) is 0 Å². The van der Waals surface area contributed by atoms with Crippen molar-refractivity contribution in [2.75, 3.05) is 0 Å². The molecule has 0 bridgehead atoms. The van der Waals surface area contributed by atoms with Crippen molar-refractivity contribution in [3.8, 4) is 0 Å². The highest BCUT2D eigenvalue weighted by atomic mass is 16.5. The van der Waals surface area contributed by atoms with Crippen LogP contribution in [-0.2, 0) is 9.47 Å². The Morgan fingerprint density at radius 1 is 0.440 bits per heavy atom. The van der Waals surface area contributed by atoms with Crippen LogP contribution in [0.5, 0.6) is 0 Å². The summed E-state index contributed by atoms with van der Waals surface area (Å²) in [5.74, 6) is 4.50. The molecule has 25 heavy (non-hydrogen) atoms. The molecule has 2 heterocycles. The van der Waals surface area contributed by atoms with Crippen molar-refractivity contribution in [1.29, 1.82) is 0 Å². The summed E-state index contributed by atoms with van der Waals surface area (Å²) in [6, 6.07) is 0. The topological polar surface area (TPSA) is 18.5 Å². The molecule has 0 amide bonds. The predicted molar refractivity (Wildman–Crippen MR) is 109 cm³/mol. The van der Waals surface area contributed by atoms with Gasteiger partial charge in [-0.1, -0.05) is 62.3 Å². The molecular formula is C23H46O2. The lowest BCUT2D eigenvalue weighted by Crippen LogP contribution is -2.44. The second-order valence-corrected chi connectivity index (χ2v) is 8.97. The molecule has 9 atom stereocenters. The maximum absolute atomic E-state index is 6.08. The Balaban J connectivity index is 0.000000251. The van der Waals surface area contributed by atoms with Crippen molar-refractivity contribution in [2.45, 2.75) is 113 Å². The van der Waals surface area contributed by atoms with Gasteiger partial charge in [0.1, 0.15) is 0 Å². The Kier molecular flexibility index (Phi) is 9.46. The summed E-state index contributed by atoms with van der Waals surface area (Å²) in [6.07, 6.45) is 5.41. The lowest BCUT2D eigenvalue weighted by molar-refractivity contribution is -0.134. The summed E-state index contributed by atoms with van der Waals surface area (Å²) in [5, 5.41) is 0. The van der Waals surface area contributed by atoms with Crippen molar-refractivity contribution in [1.82, 2.24) is 0 Å². The summed E-state index contributed by atoms with van der Waals surface area (Å²) < 4.78 is 12.0. The molecule has 0 spiro atoms. The van der Waals surface area contributed by atoms with Crippen LogP contribution in [0.25, 0.3) is 0 Å². The first-order valence-corrected chi connectivity index (χ1v) is 11.0. The lowest BCUT2D eigenvalue weighted by Gasteiger charge is -2.43. The molecule has 2 nitrogen and oxygen atoms in total. The second kappa shape index (κ2) is 10.3. The molecule has 2 heteroatoms. The highest BCUT2D eigenvalue weighted by Crippen LogP contribution is 2.37. The van der Waals surface area contributed by atoms with Crippen LogP contribution in [0.2, 0.25) is 0 Å². The minimum Gasteiger partial charge on any atom is -0.375 e. The predicted octanol–water partition coefficient (Wildman–Crippen LogP) is 6.57. The van der Waals surface area contributed by atoms with Crippen molar-refractivity contribution >= 4 is 0 Å². The van der Waals surface area contributed by atoms with Gasteiger partial charge in [0.25, 0.3) is 0 Å². The highest BCUT2D eigenvalue weighted by molar-refractivity contribution is 4.85. The van der Waals surface area contributed by atoms with E-state index in [1.807, 2.05) is 0 Å². The highest BCUT2D eigenvalue weighted by Gasteiger charge is 2.37. The van der Waals surface area contributed by atoms with Gasteiger partial charge in [0.05, 0.1) is 24.4 Å². The first-order chi connectivity index (χ1) is 11.7. The first-order valence-electron chi connectivity index (χ1n) is 11.0. The van der Waals surface area contributed by atoms with Crippen molar-refractivity contribution < 1.29 is 9.47 Å². The van der Waals surface area contributed by atoms with Crippen LogP contribution in [0.3, 0.4) is 0 Å². The van der Waals surface area contributed by atoms with E-state index in [1.165, 1.54) is 0 Å². The number of ether oxygens (including phenoxy) is 2. The van der Waals surface area contributed by atoms with E-state index in [1.54, 1.807) is 0 Å². The van der Waals surface area contributed by atoms with Crippen LogP contribution >= 0.6 is 0 Å². The molecule has 0 aliphatic carbocycles. The zero-order valence-corrected chi connectivity index (χ0v) is 18.7. The maximum atomic E-state index is 6.08. The van der Waals surface area contributed by atoms with E-state index in [-0.39, 0.29) is 0 Å². The normalized spacial score (nSPS) is 47.8. The van der Waals surface area contributed by atoms with E-state index in [0.717, 1.165) is 48.9 Å². The van der Waals surface area contributed by atoms with Crippen LogP contribution in [0.1, 0.15) is 88.5 Å². The van der Waals surface area contributed by atoms with Gasteiger partial charge in [0, 0.05) is 0 Å². The largest absolute Gasteiger partial charge is 0.375 e. The molecule has 0 N–H and O–H groups in total. The van der Waals surface area contributed by atoms with E-state index < -0.39 is 0 Å². The summed E-state index contributed by atoms with van der Waals surface area (Å²) in [5.41, 5.74) is 0. The van der Waals surface area contributed by atoms with Gasteiger partial charge in [-0.3, -0.25) is 0 Å².